The van der Waals surface area contributed by atoms with Crippen LogP contribution in [0.5, 0.6) is 0 Å². The minimum Gasteiger partial charge on any atom is -0.362 e. The van der Waals surface area contributed by atoms with Crippen LogP contribution < -0.4 is 15.5 Å². The van der Waals surface area contributed by atoms with Crippen molar-refractivity contribution in [2.75, 3.05) is 51.7 Å². The summed E-state index contributed by atoms with van der Waals surface area (Å²) in [5.41, 5.74) is 1.14. The molecule has 0 aromatic carbocycles. The molecule has 0 bridgehead atoms. The molecule has 6 nitrogen and oxygen atoms in total. The molecule has 1 fully saturated rings. The van der Waals surface area contributed by atoms with Gasteiger partial charge in [-0.3, -0.25) is 0 Å². The van der Waals surface area contributed by atoms with Gasteiger partial charge in [0.05, 0.1) is 6.54 Å². The monoisotopic (exact) mass is 488 g/mol. The lowest BCUT2D eigenvalue weighted by Crippen LogP contribution is -2.39. The van der Waals surface area contributed by atoms with Gasteiger partial charge >= 0.3 is 0 Å². The highest BCUT2D eigenvalue weighted by molar-refractivity contribution is 14.0. The van der Waals surface area contributed by atoms with Crippen LogP contribution in [-0.2, 0) is 6.54 Å². The number of anilines is 1. The fourth-order valence-corrected chi connectivity index (χ4v) is 3.26. The van der Waals surface area contributed by atoms with Gasteiger partial charge in [-0.1, -0.05) is 13.0 Å². The van der Waals surface area contributed by atoms with Gasteiger partial charge in [-0.2, -0.15) is 0 Å². The average molecular weight is 488 g/mol. The predicted molar refractivity (Wildman–Crippen MR) is 126 cm³/mol. The Morgan fingerprint density at radius 2 is 2.04 bits per heavy atom. The highest BCUT2D eigenvalue weighted by atomic mass is 127. The zero-order valence-electron chi connectivity index (χ0n) is 17.4. The van der Waals surface area contributed by atoms with E-state index in [9.17, 15) is 0 Å². The minimum atomic E-state index is 0. The summed E-state index contributed by atoms with van der Waals surface area (Å²) in [6.45, 7) is 10.6. The molecule has 1 aromatic heterocycles. The summed E-state index contributed by atoms with van der Waals surface area (Å²) in [6, 6.07) is 4.06. The number of aliphatic imine (C=N–C) groups is 1. The molecule has 1 aliphatic heterocycles. The van der Waals surface area contributed by atoms with Crippen molar-refractivity contribution in [3.63, 3.8) is 0 Å². The number of halogens is 1. The number of nitrogens with one attached hydrogen (secondary N) is 2. The number of aromatic nitrogens is 1. The molecular formula is C20H37IN6. The molecule has 2 heterocycles. The van der Waals surface area contributed by atoms with Crippen LogP contribution in [0, 0.1) is 5.92 Å². The first-order valence-electron chi connectivity index (χ1n) is 9.96. The average Bonchev–Trinajstić information content (AvgIpc) is 2.64. The second kappa shape index (κ2) is 13.1. The fraction of sp³-hybridized carbons (Fsp3) is 0.700. The Labute approximate surface area is 182 Å². The summed E-state index contributed by atoms with van der Waals surface area (Å²) in [5.74, 6) is 2.76. The number of nitrogens with zero attached hydrogens (tertiary/aromatic N) is 4. The van der Waals surface area contributed by atoms with Crippen LogP contribution in [0.3, 0.4) is 0 Å². The molecule has 0 aliphatic carbocycles. The van der Waals surface area contributed by atoms with E-state index in [1.54, 1.807) is 0 Å². The lowest BCUT2D eigenvalue weighted by Gasteiger charge is -2.30. The van der Waals surface area contributed by atoms with Gasteiger partial charge in [0.25, 0.3) is 0 Å². The summed E-state index contributed by atoms with van der Waals surface area (Å²) >= 11 is 0. The van der Waals surface area contributed by atoms with Gasteiger partial charge in [0, 0.05) is 38.9 Å². The molecule has 1 aromatic rings. The van der Waals surface area contributed by atoms with Crippen LogP contribution in [0.2, 0.25) is 0 Å². The quantitative estimate of drug-likeness (QED) is 0.255. The number of hydrogen-bond donors (Lipinski definition) is 2. The molecule has 0 unspecified atom stereocenters. The van der Waals surface area contributed by atoms with Crippen molar-refractivity contribution in [1.29, 1.82) is 0 Å². The fourth-order valence-electron chi connectivity index (χ4n) is 3.26. The van der Waals surface area contributed by atoms with Crippen molar-refractivity contribution in [1.82, 2.24) is 20.5 Å². The number of guanidine groups is 1. The maximum absolute atomic E-state index is 4.74. The van der Waals surface area contributed by atoms with Crippen LogP contribution in [0.4, 0.5) is 5.82 Å². The molecule has 0 spiro atoms. The highest BCUT2D eigenvalue weighted by Crippen LogP contribution is 2.16. The zero-order valence-corrected chi connectivity index (χ0v) is 19.7. The third-order valence-corrected chi connectivity index (χ3v) is 4.86. The van der Waals surface area contributed by atoms with Gasteiger partial charge in [0.15, 0.2) is 5.96 Å². The first-order valence-corrected chi connectivity index (χ1v) is 9.96. The Hall–Kier alpha value is -1.09. The van der Waals surface area contributed by atoms with Crippen molar-refractivity contribution < 1.29 is 0 Å². The first kappa shape index (κ1) is 23.9. The number of piperidine rings is 1. The lowest BCUT2D eigenvalue weighted by atomic mass is 9.99. The molecule has 0 radical (unpaired) electrons. The Balaban J connectivity index is 0.00000364. The molecule has 0 amide bonds. The van der Waals surface area contributed by atoms with E-state index in [2.05, 4.69) is 40.4 Å². The number of hydrogen-bond acceptors (Lipinski definition) is 4. The van der Waals surface area contributed by atoms with Crippen LogP contribution in [-0.4, -0.2) is 62.7 Å². The summed E-state index contributed by atoms with van der Waals surface area (Å²) in [5, 5.41) is 6.80. The summed E-state index contributed by atoms with van der Waals surface area (Å²) < 4.78 is 0. The molecule has 0 atom stereocenters. The predicted octanol–water partition coefficient (Wildman–Crippen LogP) is 2.94. The first-order chi connectivity index (χ1) is 12.6. The van der Waals surface area contributed by atoms with Crippen molar-refractivity contribution in [3.05, 3.63) is 23.9 Å². The smallest absolute Gasteiger partial charge is 0.191 e. The van der Waals surface area contributed by atoms with Crippen LogP contribution in [0.25, 0.3) is 0 Å². The van der Waals surface area contributed by atoms with E-state index in [4.69, 9.17) is 4.99 Å². The molecular weight excluding hydrogens is 451 g/mol. The summed E-state index contributed by atoms with van der Waals surface area (Å²) in [6.07, 6.45) is 5.66. The molecule has 27 heavy (non-hydrogen) atoms. The van der Waals surface area contributed by atoms with Gasteiger partial charge in [-0.05, 0) is 57.8 Å². The highest BCUT2D eigenvalue weighted by Gasteiger charge is 2.14. The maximum atomic E-state index is 4.74. The van der Waals surface area contributed by atoms with E-state index in [1.165, 1.54) is 32.5 Å². The summed E-state index contributed by atoms with van der Waals surface area (Å²) in [4.78, 5) is 13.8. The third kappa shape index (κ3) is 8.64. The molecule has 2 N–H and O–H groups in total. The van der Waals surface area contributed by atoms with Crippen molar-refractivity contribution in [2.24, 2.45) is 10.9 Å². The van der Waals surface area contributed by atoms with Gasteiger partial charge in [0.2, 0.25) is 0 Å². The van der Waals surface area contributed by atoms with Crippen LogP contribution in [0.15, 0.2) is 23.3 Å². The molecule has 7 heteroatoms. The molecule has 2 rings (SSSR count). The Morgan fingerprint density at radius 3 is 2.70 bits per heavy atom. The SMILES string of the molecule is CCNC(=NCc1cccnc1N(C)C)NCCCN1CCC(C)CC1.I. The third-order valence-electron chi connectivity index (χ3n) is 4.86. The number of rotatable bonds is 8. The largest absolute Gasteiger partial charge is 0.362 e. The molecule has 154 valence electrons. The maximum Gasteiger partial charge on any atom is 0.191 e. The van der Waals surface area contributed by atoms with E-state index in [0.29, 0.717) is 6.54 Å². The molecule has 1 saturated heterocycles. The van der Waals surface area contributed by atoms with E-state index < -0.39 is 0 Å². The van der Waals surface area contributed by atoms with Crippen molar-refractivity contribution in [3.8, 4) is 0 Å². The van der Waals surface area contributed by atoms with Gasteiger partial charge in [-0.25, -0.2) is 9.98 Å². The van der Waals surface area contributed by atoms with Crippen molar-refractivity contribution >= 4 is 35.8 Å². The molecule has 0 saturated carbocycles. The number of likely N-dealkylation sites (tertiary alicyclic amines) is 1. The Kier molecular flexibility index (Phi) is 11.7. The Morgan fingerprint density at radius 1 is 1.30 bits per heavy atom. The van der Waals surface area contributed by atoms with Gasteiger partial charge < -0.3 is 20.4 Å². The van der Waals surface area contributed by atoms with Crippen LogP contribution >= 0.6 is 24.0 Å². The van der Waals surface area contributed by atoms with Crippen molar-refractivity contribution in [2.45, 2.75) is 39.7 Å². The van der Waals surface area contributed by atoms with E-state index in [0.717, 1.165) is 42.8 Å². The molecule has 1 aliphatic rings. The Bertz CT molecular complexity index is 555. The second-order valence-electron chi connectivity index (χ2n) is 7.38. The van der Waals surface area contributed by atoms with Gasteiger partial charge in [0.1, 0.15) is 5.82 Å². The number of pyridine rings is 1. The van der Waals surface area contributed by atoms with E-state index in [1.807, 2.05) is 31.3 Å². The standard InChI is InChI=1S/C20H36N6.HI/c1-5-21-20(23-12-7-13-26-14-9-17(2)10-15-26)24-16-18-8-6-11-22-19(18)25(3)4;/h6,8,11,17H,5,7,9-10,12-16H2,1-4H3,(H2,21,23,24);1H. The van der Waals surface area contributed by atoms with Crippen LogP contribution in [0.1, 0.15) is 38.7 Å². The van der Waals surface area contributed by atoms with Gasteiger partial charge in [-0.15, -0.1) is 24.0 Å². The van der Waals surface area contributed by atoms with E-state index >= 15 is 0 Å². The lowest BCUT2D eigenvalue weighted by molar-refractivity contribution is 0.191. The second-order valence-corrected chi connectivity index (χ2v) is 7.38. The topological polar surface area (TPSA) is 55.8 Å². The minimum absolute atomic E-state index is 0. The normalized spacial score (nSPS) is 15.9. The van der Waals surface area contributed by atoms with E-state index in [-0.39, 0.29) is 24.0 Å². The zero-order chi connectivity index (χ0) is 18.8. The summed E-state index contributed by atoms with van der Waals surface area (Å²) in [7, 11) is 4.03.